The Morgan fingerprint density at radius 1 is 1.45 bits per heavy atom. The van der Waals surface area contributed by atoms with Gasteiger partial charge in [-0.15, -0.1) is 0 Å². The van der Waals surface area contributed by atoms with Gasteiger partial charge in [0.1, 0.15) is 0 Å². The second-order valence-corrected chi connectivity index (χ2v) is 5.50. The lowest BCUT2D eigenvalue weighted by Gasteiger charge is -2.20. The molecule has 1 saturated heterocycles. The Labute approximate surface area is 121 Å². The molecule has 110 valence electrons. The van der Waals surface area contributed by atoms with E-state index in [0.29, 0.717) is 5.92 Å². The molecular formula is C16H25N3O. The number of benzene rings is 1. The first-order chi connectivity index (χ1) is 9.70. The van der Waals surface area contributed by atoms with E-state index < -0.39 is 0 Å². The van der Waals surface area contributed by atoms with Crippen LogP contribution in [0.2, 0.25) is 0 Å². The molecule has 2 unspecified atom stereocenters. The predicted octanol–water partition coefficient (Wildman–Crippen LogP) is 1.33. The van der Waals surface area contributed by atoms with Crippen molar-refractivity contribution in [3.05, 3.63) is 35.9 Å². The summed E-state index contributed by atoms with van der Waals surface area (Å²) in [6.07, 6.45) is 2.00. The predicted molar refractivity (Wildman–Crippen MR) is 81.5 cm³/mol. The van der Waals surface area contributed by atoms with E-state index in [-0.39, 0.29) is 11.9 Å². The van der Waals surface area contributed by atoms with Gasteiger partial charge in [0, 0.05) is 13.1 Å². The number of likely N-dealkylation sites (tertiary alicyclic amines) is 1. The number of nitrogens with zero attached hydrogens (tertiary/aromatic N) is 1. The molecule has 20 heavy (non-hydrogen) atoms. The van der Waals surface area contributed by atoms with Crippen LogP contribution < -0.4 is 11.1 Å². The average Bonchev–Trinajstić information content (AvgIpc) is 2.93. The zero-order valence-electron chi connectivity index (χ0n) is 12.2. The van der Waals surface area contributed by atoms with Gasteiger partial charge in [0.25, 0.3) is 0 Å². The van der Waals surface area contributed by atoms with Gasteiger partial charge in [-0.1, -0.05) is 37.3 Å². The summed E-state index contributed by atoms with van der Waals surface area (Å²) in [4.78, 5) is 13.8. The largest absolute Gasteiger partial charge is 0.368 e. The van der Waals surface area contributed by atoms with Gasteiger partial charge in [-0.25, -0.2) is 0 Å². The normalized spacial score (nSPS) is 20.9. The molecule has 1 heterocycles. The highest BCUT2D eigenvalue weighted by Gasteiger charge is 2.24. The molecular weight excluding hydrogens is 250 g/mol. The lowest BCUT2D eigenvalue weighted by Crippen LogP contribution is -2.43. The number of hydrogen-bond acceptors (Lipinski definition) is 3. The van der Waals surface area contributed by atoms with Gasteiger partial charge in [-0.05, 0) is 37.4 Å². The third-order valence-electron chi connectivity index (χ3n) is 4.07. The molecule has 0 radical (unpaired) electrons. The molecule has 0 aliphatic carbocycles. The fourth-order valence-electron chi connectivity index (χ4n) is 2.94. The van der Waals surface area contributed by atoms with Crippen molar-refractivity contribution in [3.63, 3.8) is 0 Å². The Morgan fingerprint density at radius 3 is 2.85 bits per heavy atom. The Balaban J connectivity index is 1.80. The Morgan fingerprint density at radius 2 is 2.20 bits per heavy atom. The Hall–Kier alpha value is -1.39. The van der Waals surface area contributed by atoms with Gasteiger partial charge in [0.15, 0.2) is 0 Å². The quantitative estimate of drug-likeness (QED) is 0.789. The fourth-order valence-corrected chi connectivity index (χ4v) is 2.94. The Bertz CT molecular complexity index is 421. The second kappa shape index (κ2) is 7.41. The third-order valence-corrected chi connectivity index (χ3v) is 4.07. The zero-order valence-corrected chi connectivity index (χ0v) is 12.2. The summed E-state index contributed by atoms with van der Waals surface area (Å²) in [6.45, 7) is 5.90. The van der Waals surface area contributed by atoms with Crippen molar-refractivity contribution in [1.29, 1.82) is 0 Å². The molecule has 1 amide bonds. The highest BCUT2D eigenvalue weighted by molar-refractivity contribution is 5.79. The molecule has 1 aliphatic rings. The minimum absolute atomic E-state index is 0.198. The summed E-state index contributed by atoms with van der Waals surface area (Å²) in [5, 5.41) is 3.15. The minimum atomic E-state index is -0.245. The monoisotopic (exact) mass is 275 g/mol. The third kappa shape index (κ3) is 4.05. The summed E-state index contributed by atoms with van der Waals surface area (Å²) in [5.41, 5.74) is 6.83. The SMILES string of the molecule is CCNC(CCN1CCC(c2ccccc2)C1)C(N)=O. The lowest BCUT2D eigenvalue weighted by molar-refractivity contribution is -0.120. The van der Waals surface area contributed by atoms with E-state index in [1.165, 1.54) is 12.0 Å². The summed E-state index contributed by atoms with van der Waals surface area (Å²) >= 11 is 0. The van der Waals surface area contributed by atoms with E-state index in [2.05, 4.69) is 40.5 Å². The van der Waals surface area contributed by atoms with Crippen LogP contribution in [0.5, 0.6) is 0 Å². The molecule has 1 aromatic carbocycles. The van der Waals surface area contributed by atoms with E-state index in [4.69, 9.17) is 5.73 Å². The molecule has 0 bridgehead atoms. The van der Waals surface area contributed by atoms with Gasteiger partial charge >= 0.3 is 0 Å². The van der Waals surface area contributed by atoms with Crippen LogP contribution in [-0.4, -0.2) is 43.0 Å². The van der Waals surface area contributed by atoms with Crippen molar-refractivity contribution in [2.75, 3.05) is 26.2 Å². The maximum atomic E-state index is 11.3. The zero-order chi connectivity index (χ0) is 14.4. The molecule has 4 heteroatoms. The van der Waals surface area contributed by atoms with Crippen LogP contribution in [0.4, 0.5) is 0 Å². The van der Waals surface area contributed by atoms with E-state index in [1.807, 2.05) is 6.92 Å². The molecule has 2 rings (SSSR count). The van der Waals surface area contributed by atoms with Crippen molar-refractivity contribution in [3.8, 4) is 0 Å². The first-order valence-electron chi connectivity index (χ1n) is 7.50. The summed E-state index contributed by atoms with van der Waals surface area (Å²) in [5.74, 6) is 0.382. The van der Waals surface area contributed by atoms with Crippen molar-refractivity contribution in [2.45, 2.75) is 31.7 Å². The van der Waals surface area contributed by atoms with Crippen LogP contribution in [0.25, 0.3) is 0 Å². The molecule has 1 aromatic rings. The van der Waals surface area contributed by atoms with Crippen LogP contribution in [-0.2, 0) is 4.79 Å². The van der Waals surface area contributed by atoms with Crippen molar-refractivity contribution < 1.29 is 4.79 Å². The summed E-state index contributed by atoms with van der Waals surface area (Å²) in [6, 6.07) is 10.5. The number of nitrogens with one attached hydrogen (secondary N) is 1. The van der Waals surface area contributed by atoms with E-state index >= 15 is 0 Å². The van der Waals surface area contributed by atoms with Crippen LogP contribution in [0.15, 0.2) is 30.3 Å². The lowest BCUT2D eigenvalue weighted by atomic mass is 9.99. The number of hydrogen-bond donors (Lipinski definition) is 2. The second-order valence-electron chi connectivity index (χ2n) is 5.50. The Kier molecular flexibility index (Phi) is 5.56. The van der Waals surface area contributed by atoms with Crippen molar-refractivity contribution in [1.82, 2.24) is 10.2 Å². The van der Waals surface area contributed by atoms with Crippen LogP contribution in [0, 0.1) is 0 Å². The molecule has 0 saturated carbocycles. The highest BCUT2D eigenvalue weighted by Crippen LogP contribution is 2.26. The fraction of sp³-hybridized carbons (Fsp3) is 0.562. The van der Waals surface area contributed by atoms with Gasteiger partial charge in [0.05, 0.1) is 6.04 Å². The first-order valence-corrected chi connectivity index (χ1v) is 7.50. The van der Waals surface area contributed by atoms with Gasteiger partial charge in [0.2, 0.25) is 5.91 Å². The van der Waals surface area contributed by atoms with Gasteiger partial charge in [-0.3, -0.25) is 4.79 Å². The number of likely N-dealkylation sites (N-methyl/N-ethyl adjacent to an activating group) is 1. The van der Waals surface area contributed by atoms with Crippen molar-refractivity contribution in [2.24, 2.45) is 5.73 Å². The first kappa shape index (κ1) is 15.0. The number of rotatable bonds is 7. The summed E-state index contributed by atoms with van der Waals surface area (Å²) in [7, 11) is 0. The maximum absolute atomic E-state index is 11.3. The molecule has 0 spiro atoms. The molecule has 0 aromatic heterocycles. The van der Waals surface area contributed by atoms with Crippen LogP contribution >= 0.6 is 0 Å². The highest BCUT2D eigenvalue weighted by atomic mass is 16.1. The molecule has 4 nitrogen and oxygen atoms in total. The van der Waals surface area contributed by atoms with E-state index in [9.17, 15) is 4.79 Å². The molecule has 3 N–H and O–H groups in total. The number of amides is 1. The van der Waals surface area contributed by atoms with Crippen molar-refractivity contribution >= 4 is 5.91 Å². The molecule has 1 fully saturated rings. The molecule has 1 aliphatic heterocycles. The number of carbonyl (C=O) groups is 1. The number of primary amides is 1. The van der Waals surface area contributed by atoms with Gasteiger partial charge in [-0.2, -0.15) is 0 Å². The maximum Gasteiger partial charge on any atom is 0.234 e. The topological polar surface area (TPSA) is 58.4 Å². The summed E-state index contributed by atoms with van der Waals surface area (Å²) < 4.78 is 0. The average molecular weight is 275 g/mol. The van der Waals surface area contributed by atoms with Crippen LogP contribution in [0.1, 0.15) is 31.2 Å². The van der Waals surface area contributed by atoms with Gasteiger partial charge < -0.3 is 16.0 Å². The smallest absolute Gasteiger partial charge is 0.234 e. The van der Waals surface area contributed by atoms with Crippen LogP contribution in [0.3, 0.4) is 0 Å². The van der Waals surface area contributed by atoms with E-state index in [1.54, 1.807) is 0 Å². The minimum Gasteiger partial charge on any atom is -0.368 e. The van der Waals surface area contributed by atoms with E-state index in [0.717, 1.165) is 32.6 Å². The standard InChI is InChI=1S/C16H25N3O/c1-2-18-15(16(17)20)9-11-19-10-8-14(12-19)13-6-4-3-5-7-13/h3-7,14-15,18H,2,8-12H2,1H3,(H2,17,20). The number of nitrogens with two attached hydrogens (primary N) is 1. The molecule has 2 atom stereocenters. The number of carbonyl (C=O) groups excluding carboxylic acids is 1.